The van der Waals surface area contributed by atoms with E-state index in [0.717, 1.165) is 25.4 Å². The second kappa shape index (κ2) is 7.36. The lowest BCUT2D eigenvalue weighted by Crippen LogP contribution is -2.54. The monoisotopic (exact) mass is 275 g/mol. The summed E-state index contributed by atoms with van der Waals surface area (Å²) in [5.74, 6) is 0.290. The molecule has 1 saturated heterocycles. The Morgan fingerprint density at radius 2 is 2.22 bits per heavy atom. The summed E-state index contributed by atoms with van der Waals surface area (Å²) in [4.78, 5) is 11.5. The highest BCUT2D eigenvalue weighted by atomic mass is 32.2. The quantitative estimate of drug-likeness (QED) is 0.631. The van der Waals surface area contributed by atoms with E-state index in [2.05, 4.69) is 5.32 Å². The first-order chi connectivity index (χ1) is 8.50. The molecular weight excluding hydrogens is 250 g/mol. The molecule has 1 atom stereocenters. The van der Waals surface area contributed by atoms with Gasteiger partial charge in [0.2, 0.25) is 0 Å². The van der Waals surface area contributed by atoms with Crippen molar-refractivity contribution in [2.75, 3.05) is 19.0 Å². The maximum Gasteiger partial charge on any atom is 0.323 e. The smallest absolute Gasteiger partial charge is 0.323 e. The number of nitrogens with one attached hydrogen (secondary N) is 1. The summed E-state index contributed by atoms with van der Waals surface area (Å²) >= 11 is 1.90. The highest BCUT2D eigenvalue weighted by Gasteiger charge is 2.36. The van der Waals surface area contributed by atoms with E-state index in [1.807, 2.05) is 32.5 Å². The van der Waals surface area contributed by atoms with Crippen molar-refractivity contribution in [1.29, 1.82) is 0 Å². The molecule has 1 aliphatic heterocycles. The Morgan fingerprint density at radius 1 is 1.56 bits per heavy atom. The summed E-state index contributed by atoms with van der Waals surface area (Å²) in [6, 6.07) is 0.189. The molecule has 2 N–H and O–H groups in total. The standard InChI is InChI=1S/C13H25NO3S/c1-4-13(12(15)16,14-10(2)3)6-5-7-18-11-8-17-9-11/h10-11,14H,4-9H2,1-3H3,(H,15,16). The number of ether oxygens (including phenoxy) is 1. The third-order valence-electron chi connectivity index (χ3n) is 3.29. The van der Waals surface area contributed by atoms with Gasteiger partial charge in [0.1, 0.15) is 5.54 Å². The minimum absolute atomic E-state index is 0.189. The number of carboxylic acid groups (broad SMARTS) is 1. The first-order valence-corrected chi connectivity index (χ1v) is 7.75. The summed E-state index contributed by atoms with van der Waals surface area (Å²) < 4.78 is 5.12. The largest absolute Gasteiger partial charge is 0.480 e. The Labute approximate surface area is 114 Å². The number of thioether (sulfide) groups is 1. The first kappa shape index (κ1) is 15.8. The summed E-state index contributed by atoms with van der Waals surface area (Å²) in [7, 11) is 0. The van der Waals surface area contributed by atoms with Crippen molar-refractivity contribution in [3.8, 4) is 0 Å². The Morgan fingerprint density at radius 3 is 2.61 bits per heavy atom. The van der Waals surface area contributed by atoms with Crippen LogP contribution in [0.2, 0.25) is 0 Å². The molecule has 0 spiro atoms. The van der Waals surface area contributed by atoms with Gasteiger partial charge in [-0.2, -0.15) is 11.8 Å². The van der Waals surface area contributed by atoms with Crippen LogP contribution in [-0.2, 0) is 9.53 Å². The first-order valence-electron chi connectivity index (χ1n) is 6.70. The number of carboxylic acids is 1. The third kappa shape index (κ3) is 4.44. The van der Waals surface area contributed by atoms with Gasteiger partial charge in [-0.15, -0.1) is 0 Å². The molecule has 0 amide bonds. The Balaban J connectivity index is 2.36. The van der Waals surface area contributed by atoms with Gasteiger partial charge in [0.05, 0.1) is 18.5 Å². The molecule has 1 heterocycles. The second-order valence-electron chi connectivity index (χ2n) is 5.17. The molecule has 0 radical (unpaired) electrons. The van der Waals surface area contributed by atoms with Crippen LogP contribution < -0.4 is 5.32 Å². The fourth-order valence-corrected chi connectivity index (χ4v) is 3.19. The van der Waals surface area contributed by atoms with Gasteiger partial charge in [0.15, 0.2) is 0 Å². The van der Waals surface area contributed by atoms with Crippen molar-refractivity contribution in [2.24, 2.45) is 0 Å². The van der Waals surface area contributed by atoms with E-state index in [9.17, 15) is 9.90 Å². The van der Waals surface area contributed by atoms with Crippen LogP contribution in [0.3, 0.4) is 0 Å². The van der Waals surface area contributed by atoms with E-state index in [1.54, 1.807) is 0 Å². The van der Waals surface area contributed by atoms with Crippen LogP contribution in [0.1, 0.15) is 40.0 Å². The highest BCUT2D eigenvalue weighted by molar-refractivity contribution is 8.00. The third-order valence-corrected chi connectivity index (χ3v) is 4.55. The van der Waals surface area contributed by atoms with Crippen LogP contribution in [0.4, 0.5) is 0 Å². The molecule has 0 aromatic rings. The van der Waals surface area contributed by atoms with Gasteiger partial charge in [-0.05, 0) is 38.9 Å². The van der Waals surface area contributed by atoms with Gasteiger partial charge in [-0.25, -0.2) is 0 Å². The van der Waals surface area contributed by atoms with Crippen molar-refractivity contribution in [2.45, 2.75) is 56.9 Å². The summed E-state index contributed by atoms with van der Waals surface area (Å²) in [5.41, 5.74) is -0.759. The van der Waals surface area contributed by atoms with Gasteiger partial charge in [-0.1, -0.05) is 6.92 Å². The number of carbonyl (C=O) groups is 1. The molecule has 0 aromatic carbocycles. The Kier molecular flexibility index (Phi) is 6.46. The lowest BCUT2D eigenvalue weighted by molar-refractivity contribution is -0.145. The molecule has 0 saturated carbocycles. The highest BCUT2D eigenvalue weighted by Crippen LogP contribution is 2.24. The molecule has 18 heavy (non-hydrogen) atoms. The average Bonchev–Trinajstić information content (AvgIpc) is 2.23. The molecule has 0 aromatic heterocycles. The van der Waals surface area contributed by atoms with Gasteiger partial charge < -0.3 is 9.84 Å². The van der Waals surface area contributed by atoms with Crippen LogP contribution >= 0.6 is 11.8 Å². The zero-order valence-corrected chi connectivity index (χ0v) is 12.4. The summed E-state index contributed by atoms with van der Waals surface area (Å²) in [5, 5.41) is 13.3. The topological polar surface area (TPSA) is 58.6 Å². The van der Waals surface area contributed by atoms with E-state index in [4.69, 9.17) is 4.74 Å². The fraction of sp³-hybridized carbons (Fsp3) is 0.923. The zero-order chi connectivity index (χ0) is 13.6. The number of hydrogen-bond acceptors (Lipinski definition) is 4. The molecule has 4 nitrogen and oxygen atoms in total. The lowest BCUT2D eigenvalue weighted by atomic mass is 9.90. The molecule has 1 fully saturated rings. The maximum absolute atomic E-state index is 11.5. The zero-order valence-electron chi connectivity index (χ0n) is 11.6. The molecule has 1 unspecified atom stereocenters. The maximum atomic E-state index is 11.5. The van der Waals surface area contributed by atoms with Crippen LogP contribution in [-0.4, -0.2) is 46.9 Å². The molecule has 0 aliphatic carbocycles. The SMILES string of the molecule is CCC(CCCSC1COC1)(NC(C)C)C(=O)O. The van der Waals surface area contributed by atoms with Crippen LogP contribution in [0.15, 0.2) is 0 Å². The Hall–Kier alpha value is -0.260. The molecule has 1 aliphatic rings. The van der Waals surface area contributed by atoms with Crippen LogP contribution in [0, 0.1) is 0 Å². The van der Waals surface area contributed by atoms with Gasteiger partial charge in [0, 0.05) is 6.04 Å². The lowest BCUT2D eigenvalue weighted by Gasteiger charge is -2.32. The minimum atomic E-state index is -0.759. The summed E-state index contributed by atoms with van der Waals surface area (Å²) in [6.45, 7) is 7.64. The van der Waals surface area contributed by atoms with E-state index in [0.29, 0.717) is 18.1 Å². The predicted molar refractivity (Wildman–Crippen MR) is 75.2 cm³/mol. The van der Waals surface area contributed by atoms with Gasteiger partial charge in [0.25, 0.3) is 0 Å². The van der Waals surface area contributed by atoms with Crippen molar-refractivity contribution < 1.29 is 14.6 Å². The summed E-state index contributed by atoms with van der Waals surface area (Å²) in [6.07, 6.45) is 2.25. The van der Waals surface area contributed by atoms with Gasteiger partial charge >= 0.3 is 5.97 Å². The molecular formula is C13H25NO3S. The van der Waals surface area contributed by atoms with E-state index < -0.39 is 11.5 Å². The molecule has 106 valence electrons. The normalized spacial score (nSPS) is 19.6. The number of aliphatic carboxylic acids is 1. The average molecular weight is 275 g/mol. The van der Waals surface area contributed by atoms with Crippen molar-refractivity contribution in [3.63, 3.8) is 0 Å². The van der Waals surface area contributed by atoms with Crippen molar-refractivity contribution in [1.82, 2.24) is 5.32 Å². The van der Waals surface area contributed by atoms with Gasteiger partial charge in [-0.3, -0.25) is 10.1 Å². The molecule has 5 heteroatoms. The minimum Gasteiger partial charge on any atom is -0.480 e. The van der Waals surface area contributed by atoms with Crippen LogP contribution in [0.5, 0.6) is 0 Å². The van der Waals surface area contributed by atoms with Crippen LogP contribution in [0.25, 0.3) is 0 Å². The number of rotatable bonds is 9. The van der Waals surface area contributed by atoms with Crippen molar-refractivity contribution >= 4 is 17.7 Å². The van der Waals surface area contributed by atoms with Crippen molar-refractivity contribution in [3.05, 3.63) is 0 Å². The van der Waals surface area contributed by atoms with E-state index in [1.165, 1.54) is 0 Å². The number of hydrogen-bond donors (Lipinski definition) is 2. The molecule has 1 rings (SSSR count). The predicted octanol–water partition coefficient (Wildman–Crippen LogP) is 2.13. The second-order valence-corrected chi connectivity index (χ2v) is 6.58. The fourth-order valence-electron chi connectivity index (χ4n) is 2.16. The Bertz CT molecular complexity index is 269. The van der Waals surface area contributed by atoms with E-state index in [-0.39, 0.29) is 6.04 Å². The van der Waals surface area contributed by atoms with E-state index >= 15 is 0 Å². The molecule has 0 bridgehead atoms.